The molecule has 0 spiro atoms. The molecule has 0 fully saturated rings. The Bertz CT molecular complexity index is 454. The number of methoxy groups -OCH3 is 1. The van der Waals surface area contributed by atoms with Crippen molar-refractivity contribution in [3.05, 3.63) is 47.2 Å². The molecule has 0 heterocycles. The summed E-state index contributed by atoms with van der Waals surface area (Å²) in [6, 6.07) is 10.0. The van der Waals surface area contributed by atoms with E-state index in [1.807, 2.05) is 37.3 Å². The lowest BCUT2D eigenvalue weighted by atomic mass is 10.1. The fourth-order valence-electron chi connectivity index (χ4n) is 1.84. The minimum atomic E-state index is -0.290. The molecule has 1 aromatic rings. The highest BCUT2D eigenvalue weighted by molar-refractivity contribution is 5.88. The van der Waals surface area contributed by atoms with Crippen LogP contribution < -0.4 is 5.32 Å². The standard InChI is InChI=1S/C16H23NO3/c1-5-20-16(18)12(2)13(3)17-15(11-19-4)14-9-7-6-8-10-14/h6-10,15,17H,5,11H2,1-4H3/b13-12+/t15-/m1/s1. The molecule has 0 aliphatic rings. The summed E-state index contributed by atoms with van der Waals surface area (Å²) < 4.78 is 10.2. The highest BCUT2D eigenvalue weighted by atomic mass is 16.5. The number of hydrogen-bond donors (Lipinski definition) is 1. The molecule has 1 rings (SSSR count). The van der Waals surface area contributed by atoms with Crippen LogP contribution in [-0.2, 0) is 14.3 Å². The second-order valence-corrected chi connectivity index (χ2v) is 4.53. The van der Waals surface area contributed by atoms with Crippen LogP contribution in [-0.4, -0.2) is 26.3 Å². The summed E-state index contributed by atoms with van der Waals surface area (Å²) in [5, 5.41) is 3.33. The van der Waals surface area contributed by atoms with Gasteiger partial charge in [0.15, 0.2) is 0 Å². The molecule has 1 aromatic carbocycles. The van der Waals surface area contributed by atoms with Crippen molar-refractivity contribution in [2.75, 3.05) is 20.3 Å². The second kappa shape index (κ2) is 8.38. The fraction of sp³-hybridized carbons (Fsp3) is 0.438. The number of nitrogens with one attached hydrogen (secondary N) is 1. The van der Waals surface area contributed by atoms with Crippen LogP contribution in [0, 0.1) is 0 Å². The number of hydrogen-bond acceptors (Lipinski definition) is 4. The third-order valence-corrected chi connectivity index (χ3v) is 3.07. The highest BCUT2D eigenvalue weighted by Crippen LogP contribution is 2.16. The molecule has 0 aliphatic carbocycles. The van der Waals surface area contributed by atoms with Gasteiger partial charge in [0.25, 0.3) is 0 Å². The Morgan fingerprint density at radius 2 is 1.90 bits per heavy atom. The molecule has 0 amide bonds. The molecule has 0 bridgehead atoms. The Hall–Kier alpha value is -1.81. The van der Waals surface area contributed by atoms with Gasteiger partial charge < -0.3 is 14.8 Å². The van der Waals surface area contributed by atoms with Crippen LogP contribution in [0.1, 0.15) is 32.4 Å². The molecule has 0 aliphatic heterocycles. The molecule has 0 unspecified atom stereocenters. The Morgan fingerprint density at radius 3 is 2.45 bits per heavy atom. The van der Waals surface area contributed by atoms with Crippen molar-refractivity contribution in [1.29, 1.82) is 0 Å². The average Bonchev–Trinajstić information content (AvgIpc) is 2.47. The van der Waals surface area contributed by atoms with Crippen molar-refractivity contribution in [2.24, 2.45) is 0 Å². The van der Waals surface area contributed by atoms with E-state index in [2.05, 4.69) is 5.32 Å². The quantitative estimate of drug-likeness (QED) is 0.615. The first-order valence-electron chi connectivity index (χ1n) is 6.75. The molecule has 0 saturated carbocycles. The monoisotopic (exact) mass is 277 g/mol. The first-order chi connectivity index (χ1) is 9.60. The van der Waals surface area contributed by atoms with E-state index in [0.717, 1.165) is 11.3 Å². The minimum absolute atomic E-state index is 0.00516. The van der Waals surface area contributed by atoms with Crippen LogP contribution in [0.5, 0.6) is 0 Å². The average molecular weight is 277 g/mol. The molecule has 20 heavy (non-hydrogen) atoms. The molecule has 0 saturated heterocycles. The van der Waals surface area contributed by atoms with E-state index >= 15 is 0 Å². The molecule has 0 radical (unpaired) electrons. The predicted octanol–water partition coefficient (Wildman–Crippen LogP) is 2.82. The Morgan fingerprint density at radius 1 is 1.25 bits per heavy atom. The molecular formula is C16H23NO3. The lowest BCUT2D eigenvalue weighted by Crippen LogP contribution is -2.25. The van der Waals surface area contributed by atoms with Gasteiger partial charge in [0.05, 0.1) is 24.8 Å². The summed E-state index contributed by atoms with van der Waals surface area (Å²) in [5.74, 6) is -0.290. The van der Waals surface area contributed by atoms with E-state index in [0.29, 0.717) is 18.8 Å². The summed E-state index contributed by atoms with van der Waals surface area (Å²) in [4.78, 5) is 11.7. The van der Waals surface area contributed by atoms with Gasteiger partial charge in [-0.25, -0.2) is 4.79 Å². The third kappa shape index (κ3) is 4.70. The summed E-state index contributed by atoms with van der Waals surface area (Å²) in [6.45, 7) is 6.33. The number of esters is 1. The predicted molar refractivity (Wildman–Crippen MR) is 79.2 cm³/mol. The maximum Gasteiger partial charge on any atom is 0.335 e. The number of carbonyl (C=O) groups is 1. The molecule has 1 N–H and O–H groups in total. The van der Waals surface area contributed by atoms with Crippen molar-refractivity contribution in [3.8, 4) is 0 Å². The van der Waals surface area contributed by atoms with Crippen LogP contribution in [0.3, 0.4) is 0 Å². The van der Waals surface area contributed by atoms with Crippen molar-refractivity contribution < 1.29 is 14.3 Å². The van der Waals surface area contributed by atoms with Crippen LogP contribution in [0.4, 0.5) is 0 Å². The van der Waals surface area contributed by atoms with Crippen LogP contribution in [0.25, 0.3) is 0 Å². The molecule has 1 atom stereocenters. The van der Waals surface area contributed by atoms with Gasteiger partial charge in [-0.05, 0) is 26.3 Å². The van der Waals surface area contributed by atoms with E-state index in [1.165, 1.54) is 0 Å². The third-order valence-electron chi connectivity index (χ3n) is 3.07. The lowest BCUT2D eigenvalue weighted by molar-refractivity contribution is -0.138. The van der Waals surface area contributed by atoms with Gasteiger partial charge in [0.1, 0.15) is 0 Å². The van der Waals surface area contributed by atoms with E-state index in [-0.39, 0.29) is 12.0 Å². The van der Waals surface area contributed by atoms with Gasteiger partial charge in [-0.1, -0.05) is 30.3 Å². The van der Waals surface area contributed by atoms with Gasteiger partial charge in [-0.3, -0.25) is 0 Å². The number of allylic oxidation sites excluding steroid dienone is 1. The smallest absolute Gasteiger partial charge is 0.335 e. The first kappa shape index (κ1) is 16.2. The van der Waals surface area contributed by atoms with E-state index in [1.54, 1.807) is 21.0 Å². The van der Waals surface area contributed by atoms with Gasteiger partial charge in [0, 0.05) is 12.8 Å². The minimum Gasteiger partial charge on any atom is -0.463 e. The maximum absolute atomic E-state index is 11.7. The largest absolute Gasteiger partial charge is 0.463 e. The number of benzene rings is 1. The van der Waals surface area contributed by atoms with Crippen molar-refractivity contribution in [2.45, 2.75) is 26.8 Å². The topological polar surface area (TPSA) is 47.6 Å². The number of carbonyl (C=O) groups excluding carboxylic acids is 1. The van der Waals surface area contributed by atoms with Crippen molar-refractivity contribution in [3.63, 3.8) is 0 Å². The van der Waals surface area contributed by atoms with Crippen LogP contribution in [0.15, 0.2) is 41.6 Å². The Kier molecular flexibility index (Phi) is 6.81. The number of ether oxygens (including phenoxy) is 2. The molecular weight excluding hydrogens is 254 g/mol. The van der Waals surface area contributed by atoms with Gasteiger partial charge in [-0.2, -0.15) is 0 Å². The van der Waals surface area contributed by atoms with E-state index in [4.69, 9.17) is 9.47 Å². The van der Waals surface area contributed by atoms with Crippen molar-refractivity contribution in [1.82, 2.24) is 5.32 Å². The van der Waals surface area contributed by atoms with Crippen LogP contribution >= 0.6 is 0 Å². The maximum atomic E-state index is 11.7. The molecule has 110 valence electrons. The van der Waals surface area contributed by atoms with E-state index in [9.17, 15) is 4.79 Å². The normalized spacial score (nSPS) is 13.4. The van der Waals surface area contributed by atoms with Gasteiger partial charge in [0.2, 0.25) is 0 Å². The summed E-state index contributed by atoms with van der Waals surface area (Å²) >= 11 is 0. The van der Waals surface area contributed by atoms with Crippen LogP contribution in [0.2, 0.25) is 0 Å². The highest BCUT2D eigenvalue weighted by Gasteiger charge is 2.14. The zero-order valence-corrected chi connectivity index (χ0v) is 12.6. The Labute approximate surface area is 120 Å². The summed E-state index contributed by atoms with van der Waals surface area (Å²) in [7, 11) is 1.66. The van der Waals surface area contributed by atoms with Gasteiger partial charge in [-0.15, -0.1) is 0 Å². The molecule has 4 heteroatoms. The zero-order valence-electron chi connectivity index (χ0n) is 12.6. The second-order valence-electron chi connectivity index (χ2n) is 4.53. The molecule has 4 nitrogen and oxygen atoms in total. The summed E-state index contributed by atoms with van der Waals surface area (Å²) in [5.41, 5.74) is 2.50. The Balaban J connectivity index is 2.85. The van der Waals surface area contributed by atoms with Gasteiger partial charge >= 0.3 is 5.97 Å². The zero-order chi connectivity index (χ0) is 15.0. The van der Waals surface area contributed by atoms with Crippen molar-refractivity contribution >= 4 is 5.97 Å². The fourth-order valence-corrected chi connectivity index (χ4v) is 1.84. The molecule has 0 aromatic heterocycles. The lowest BCUT2D eigenvalue weighted by Gasteiger charge is -2.21. The SMILES string of the molecule is CCOC(=O)/C(C)=C(\C)N[C@H](COC)c1ccccc1. The summed E-state index contributed by atoms with van der Waals surface area (Å²) in [6.07, 6.45) is 0. The van der Waals surface area contributed by atoms with E-state index < -0.39 is 0 Å². The number of rotatable bonds is 7. The first-order valence-corrected chi connectivity index (χ1v) is 6.75.